The van der Waals surface area contributed by atoms with Crippen LogP contribution in [0, 0.1) is 6.92 Å². The summed E-state index contributed by atoms with van der Waals surface area (Å²) in [5.74, 6) is -0.620. The summed E-state index contributed by atoms with van der Waals surface area (Å²) in [7, 11) is 1.55. The molecule has 2 heterocycles. The van der Waals surface area contributed by atoms with Gasteiger partial charge in [0.15, 0.2) is 0 Å². The molecule has 0 bridgehead atoms. The number of benzene rings is 2. The zero-order valence-corrected chi connectivity index (χ0v) is 18.8. The number of pyridine rings is 1. The van der Waals surface area contributed by atoms with Gasteiger partial charge in [0.2, 0.25) is 0 Å². The van der Waals surface area contributed by atoms with Crippen molar-refractivity contribution in [3.63, 3.8) is 0 Å². The summed E-state index contributed by atoms with van der Waals surface area (Å²) >= 11 is 0. The van der Waals surface area contributed by atoms with Gasteiger partial charge in [-0.15, -0.1) is 0 Å². The highest BCUT2D eigenvalue weighted by Gasteiger charge is 2.15. The molecule has 0 radical (unpaired) electrons. The lowest BCUT2D eigenvalue weighted by atomic mass is 10.1. The Morgan fingerprint density at radius 2 is 1.74 bits per heavy atom. The maximum atomic E-state index is 13.0. The number of nitrogens with one attached hydrogen (secondary N) is 4. The van der Waals surface area contributed by atoms with Gasteiger partial charge in [0.25, 0.3) is 11.8 Å². The molecule has 34 heavy (non-hydrogen) atoms. The number of carbonyl (C=O) groups is 3. The fraction of sp³-hybridized carbons (Fsp3) is 0.120. The molecular weight excluding hydrogens is 432 g/mol. The Hall–Kier alpha value is -4.66. The standard InChI is InChI=1S/C25H24N6O3/c1-16-8-9-17(13-28-25(34)29-19-6-4-3-5-7-19)12-20(16)30-24(33)21-14-27-22-11-10-18(15-31(21)22)23(32)26-2/h3-12,14-15H,13H2,1-2H3,(H,26,32)(H,30,33)(H2,28,29,34). The monoisotopic (exact) mass is 456 g/mol. The van der Waals surface area contributed by atoms with E-state index in [1.54, 1.807) is 41.9 Å². The van der Waals surface area contributed by atoms with Crippen LogP contribution in [0.25, 0.3) is 5.65 Å². The summed E-state index contributed by atoms with van der Waals surface area (Å²) in [5, 5.41) is 11.0. The minimum atomic E-state index is -0.364. The molecule has 4 rings (SSSR count). The SMILES string of the molecule is CNC(=O)c1ccc2ncc(C(=O)Nc3cc(CNC(=O)Nc4ccccc4)ccc3C)n2c1. The highest BCUT2D eigenvalue weighted by atomic mass is 16.2. The van der Waals surface area contributed by atoms with E-state index >= 15 is 0 Å². The van der Waals surface area contributed by atoms with Gasteiger partial charge in [-0.25, -0.2) is 9.78 Å². The van der Waals surface area contributed by atoms with Crippen LogP contribution in [-0.2, 0) is 6.54 Å². The first-order valence-electron chi connectivity index (χ1n) is 10.6. The molecule has 0 saturated heterocycles. The maximum absolute atomic E-state index is 13.0. The van der Waals surface area contributed by atoms with Crippen LogP contribution in [0.15, 0.2) is 73.1 Å². The van der Waals surface area contributed by atoms with E-state index in [4.69, 9.17) is 0 Å². The Bertz CT molecular complexity index is 1360. The van der Waals surface area contributed by atoms with Crippen molar-refractivity contribution in [2.45, 2.75) is 13.5 Å². The number of imidazole rings is 1. The van der Waals surface area contributed by atoms with Crippen molar-refractivity contribution in [3.05, 3.63) is 95.4 Å². The Morgan fingerprint density at radius 3 is 2.50 bits per heavy atom. The first-order valence-corrected chi connectivity index (χ1v) is 10.6. The van der Waals surface area contributed by atoms with Crippen LogP contribution in [0.3, 0.4) is 0 Å². The Morgan fingerprint density at radius 1 is 0.941 bits per heavy atom. The summed E-state index contributed by atoms with van der Waals surface area (Å²) in [4.78, 5) is 41.4. The molecule has 0 unspecified atom stereocenters. The normalized spacial score (nSPS) is 10.5. The number of amides is 4. The predicted molar refractivity (Wildman–Crippen MR) is 130 cm³/mol. The molecule has 4 aromatic rings. The number of para-hydroxylation sites is 1. The number of fused-ring (bicyclic) bond motifs is 1. The van der Waals surface area contributed by atoms with Crippen molar-refractivity contribution in [2.24, 2.45) is 0 Å². The summed E-state index contributed by atoms with van der Waals surface area (Å²) in [6, 6.07) is 17.7. The van der Waals surface area contributed by atoms with E-state index in [0.717, 1.165) is 11.1 Å². The maximum Gasteiger partial charge on any atom is 0.319 e. The number of aryl methyl sites for hydroxylation is 1. The molecule has 4 N–H and O–H groups in total. The zero-order chi connectivity index (χ0) is 24.1. The molecule has 0 atom stereocenters. The van der Waals surface area contributed by atoms with E-state index in [-0.39, 0.29) is 24.4 Å². The molecule has 9 heteroatoms. The van der Waals surface area contributed by atoms with E-state index < -0.39 is 0 Å². The van der Waals surface area contributed by atoms with E-state index in [1.165, 1.54) is 6.20 Å². The molecule has 0 fully saturated rings. The van der Waals surface area contributed by atoms with Gasteiger partial charge in [0.05, 0.1) is 11.8 Å². The Kier molecular flexibility index (Phi) is 6.54. The van der Waals surface area contributed by atoms with Gasteiger partial charge in [0, 0.05) is 31.2 Å². The van der Waals surface area contributed by atoms with Gasteiger partial charge in [-0.3, -0.25) is 14.0 Å². The number of nitrogens with zero attached hydrogens (tertiary/aromatic N) is 2. The second-order valence-corrected chi connectivity index (χ2v) is 7.65. The summed E-state index contributed by atoms with van der Waals surface area (Å²) < 4.78 is 1.58. The first kappa shape index (κ1) is 22.5. The lowest BCUT2D eigenvalue weighted by Gasteiger charge is -2.12. The molecule has 9 nitrogen and oxygen atoms in total. The van der Waals surface area contributed by atoms with Crippen molar-refractivity contribution in [1.82, 2.24) is 20.0 Å². The first-order chi connectivity index (χ1) is 16.4. The lowest BCUT2D eigenvalue weighted by Crippen LogP contribution is -2.28. The quantitative estimate of drug-likeness (QED) is 0.355. The third-order valence-corrected chi connectivity index (χ3v) is 5.26. The number of carbonyl (C=O) groups excluding carboxylic acids is 3. The van der Waals surface area contributed by atoms with Crippen LogP contribution < -0.4 is 21.3 Å². The molecule has 2 aromatic heterocycles. The minimum absolute atomic E-state index is 0.255. The van der Waals surface area contributed by atoms with Crippen molar-refractivity contribution in [3.8, 4) is 0 Å². The largest absolute Gasteiger partial charge is 0.355 e. The smallest absolute Gasteiger partial charge is 0.319 e. The van der Waals surface area contributed by atoms with E-state index in [9.17, 15) is 14.4 Å². The molecule has 0 aliphatic carbocycles. The molecule has 0 spiro atoms. The third-order valence-electron chi connectivity index (χ3n) is 5.26. The summed E-state index contributed by atoms with van der Waals surface area (Å²) in [6.45, 7) is 2.17. The van der Waals surface area contributed by atoms with E-state index in [2.05, 4.69) is 26.3 Å². The van der Waals surface area contributed by atoms with Crippen LogP contribution in [0.1, 0.15) is 32.0 Å². The number of hydrogen-bond donors (Lipinski definition) is 4. The second-order valence-electron chi connectivity index (χ2n) is 7.65. The average molecular weight is 457 g/mol. The molecular formula is C25H24N6O3. The Labute approximate surface area is 196 Å². The topological polar surface area (TPSA) is 117 Å². The molecule has 172 valence electrons. The number of aromatic nitrogens is 2. The van der Waals surface area contributed by atoms with Crippen molar-refractivity contribution in [1.29, 1.82) is 0 Å². The number of hydrogen-bond acceptors (Lipinski definition) is 4. The van der Waals surface area contributed by atoms with Crippen LogP contribution in [-0.4, -0.2) is 34.3 Å². The van der Waals surface area contributed by atoms with Gasteiger partial charge in [0.1, 0.15) is 11.3 Å². The van der Waals surface area contributed by atoms with E-state index in [0.29, 0.717) is 28.3 Å². The average Bonchev–Trinajstić information content (AvgIpc) is 3.28. The van der Waals surface area contributed by atoms with Crippen molar-refractivity contribution < 1.29 is 14.4 Å². The molecule has 0 aliphatic heterocycles. The molecule has 0 saturated carbocycles. The van der Waals surface area contributed by atoms with Gasteiger partial charge in [-0.05, 0) is 48.4 Å². The van der Waals surface area contributed by atoms with Gasteiger partial charge >= 0.3 is 6.03 Å². The fourth-order valence-electron chi connectivity index (χ4n) is 3.41. The van der Waals surface area contributed by atoms with Crippen LogP contribution >= 0.6 is 0 Å². The highest BCUT2D eigenvalue weighted by Crippen LogP contribution is 2.19. The Balaban J connectivity index is 1.46. The van der Waals surface area contributed by atoms with Crippen LogP contribution in [0.2, 0.25) is 0 Å². The van der Waals surface area contributed by atoms with Gasteiger partial charge in [-0.2, -0.15) is 0 Å². The summed E-state index contributed by atoms with van der Waals surface area (Å²) in [5.41, 5.74) is 4.27. The predicted octanol–water partition coefficient (Wildman–Crippen LogP) is 3.58. The second kappa shape index (κ2) is 9.86. The summed E-state index contributed by atoms with van der Waals surface area (Å²) in [6.07, 6.45) is 3.04. The van der Waals surface area contributed by atoms with Crippen molar-refractivity contribution in [2.75, 3.05) is 17.7 Å². The van der Waals surface area contributed by atoms with Gasteiger partial charge < -0.3 is 21.3 Å². The molecule has 0 aliphatic rings. The molecule has 4 amide bonds. The van der Waals surface area contributed by atoms with Crippen molar-refractivity contribution >= 4 is 34.9 Å². The van der Waals surface area contributed by atoms with Gasteiger partial charge in [-0.1, -0.05) is 30.3 Å². The highest BCUT2D eigenvalue weighted by molar-refractivity contribution is 6.04. The number of urea groups is 1. The minimum Gasteiger partial charge on any atom is -0.355 e. The molecule has 2 aromatic carbocycles. The zero-order valence-electron chi connectivity index (χ0n) is 18.8. The lowest BCUT2D eigenvalue weighted by molar-refractivity contribution is 0.0960. The number of anilines is 2. The van der Waals surface area contributed by atoms with Crippen LogP contribution in [0.5, 0.6) is 0 Å². The van der Waals surface area contributed by atoms with Crippen LogP contribution in [0.4, 0.5) is 16.2 Å². The van der Waals surface area contributed by atoms with E-state index in [1.807, 2.05) is 43.3 Å². The fourth-order valence-corrected chi connectivity index (χ4v) is 3.41. The third kappa shape index (κ3) is 5.04. The number of rotatable bonds is 6.